The Morgan fingerprint density at radius 3 is 2.70 bits per heavy atom. The number of carbonyl (C=O) groups excluding carboxylic acids is 1. The van der Waals surface area contributed by atoms with Crippen LogP contribution in [0.15, 0.2) is 24.3 Å². The van der Waals surface area contributed by atoms with Crippen LogP contribution in [0.2, 0.25) is 0 Å². The summed E-state index contributed by atoms with van der Waals surface area (Å²) in [7, 11) is 0. The zero-order valence-corrected chi connectivity index (χ0v) is 12.2. The smallest absolute Gasteiger partial charge is 0.228 e. The molecule has 1 amide bonds. The molecule has 2 aliphatic rings. The summed E-state index contributed by atoms with van der Waals surface area (Å²) in [6.07, 6.45) is 0.438. The predicted molar refractivity (Wildman–Crippen MR) is 79.1 cm³/mol. The van der Waals surface area contributed by atoms with Gasteiger partial charge in [0.25, 0.3) is 0 Å². The Balaban J connectivity index is 1.79. The summed E-state index contributed by atoms with van der Waals surface area (Å²) in [5.41, 5.74) is 2.20. The van der Waals surface area contributed by atoms with Crippen molar-refractivity contribution < 1.29 is 9.53 Å². The molecule has 0 bridgehead atoms. The number of alkyl halides is 1. The lowest BCUT2D eigenvalue weighted by atomic mass is 10.1. The number of morpholine rings is 1. The third-order valence-corrected chi connectivity index (χ3v) is 4.15. The molecule has 5 heteroatoms. The van der Waals surface area contributed by atoms with Gasteiger partial charge in [-0.3, -0.25) is 9.69 Å². The van der Waals surface area contributed by atoms with Gasteiger partial charge in [0.05, 0.1) is 18.6 Å². The molecule has 0 radical (unpaired) electrons. The minimum atomic E-state index is -0.0704. The number of halogens is 1. The molecule has 2 fully saturated rings. The molecule has 3 rings (SSSR count). The van der Waals surface area contributed by atoms with Crippen LogP contribution in [0.5, 0.6) is 0 Å². The van der Waals surface area contributed by atoms with E-state index in [-0.39, 0.29) is 11.3 Å². The molecule has 0 aromatic heterocycles. The molecular formula is C15H19ClN2O2. The number of anilines is 1. The molecule has 1 aromatic rings. The second-order valence-corrected chi connectivity index (χ2v) is 5.94. The molecule has 0 N–H and O–H groups in total. The second-order valence-electron chi connectivity index (χ2n) is 5.32. The molecule has 2 heterocycles. The van der Waals surface area contributed by atoms with Crippen molar-refractivity contribution in [1.29, 1.82) is 0 Å². The first-order valence-corrected chi connectivity index (χ1v) is 7.50. The fourth-order valence-corrected chi connectivity index (χ4v) is 3.07. The van der Waals surface area contributed by atoms with E-state index in [4.69, 9.17) is 16.3 Å². The molecular weight excluding hydrogens is 276 g/mol. The summed E-state index contributed by atoms with van der Waals surface area (Å²) >= 11 is 6.11. The molecule has 20 heavy (non-hydrogen) atoms. The molecule has 2 saturated heterocycles. The SMILES string of the molecule is O=C1CC(Cl)CN1c1ccccc1CN1CCOCC1. The van der Waals surface area contributed by atoms with Crippen LogP contribution < -0.4 is 4.90 Å². The maximum absolute atomic E-state index is 12.0. The topological polar surface area (TPSA) is 32.8 Å². The monoisotopic (exact) mass is 294 g/mol. The van der Waals surface area contributed by atoms with E-state index in [1.165, 1.54) is 5.56 Å². The van der Waals surface area contributed by atoms with E-state index in [2.05, 4.69) is 11.0 Å². The summed E-state index contributed by atoms with van der Waals surface area (Å²) in [5.74, 6) is 0.124. The maximum atomic E-state index is 12.0. The lowest BCUT2D eigenvalue weighted by Crippen LogP contribution is -2.36. The van der Waals surface area contributed by atoms with E-state index in [9.17, 15) is 4.79 Å². The Labute approximate surface area is 124 Å². The number of rotatable bonds is 3. The van der Waals surface area contributed by atoms with E-state index < -0.39 is 0 Å². The van der Waals surface area contributed by atoms with Crippen molar-refractivity contribution >= 4 is 23.2 Å². The number of ether oxygens (including phenoxy) is 1. The highest BCUT2D eigenvalue weighted by Gasteiger charge is 2.30. The fourth-order valence-electron chi connectivity index (χ4n) is 2.80. The summed E-state index contributed by atoms with van der Waals surface area (Å²) in [4.78, 5) is 16.2. The Bertz CT molecular complexity index is 489. The van der Waals surface area contributed by atoms with Gasteiger partial charge in [-0.15, -0.1) is 11.6 Å². The van der Waals surface area contributed by atoms with Crippen molar-refractivity contribution in [2.24, 2.45) is 0 Å². The zero-order chi connectivity index (χ0) is 13.9. The van der Waals surface area contributed by atoms with Crippen LogP contribution in [0.4, 0.5) is 5.69 Å². The number of nitrogens with zero attached hydrogens (tertiary/aromatic N) is 2. The van der Waals surface area contributed by atoms with Gasteiger partial charge in [-0.05, 0) is 11.6 Å². The third kappa shape index (κ3) is 2.97. The van der Waals surface area contributed by atoms with Gasteiger partial charge in [0.2, 0.25) is 5.91 Å². The maximum Gasteiger partial charge on any atom is 0.228 e. The Morgan fingerprint density at radius 2 is 2.00 bits per heavy atom. The van der Waals surface area contributed by atoms with Crippen molar-refractivity contribution in [1.82, 2.24) is 4.90 Å². The van der Waals surface area contributed by atoms with Crippen LogP contribution >= 0.6 is 11.6 Å². The van der Waals surface area contributed by atoms with Gasteiger partial charge in [-0.25, -0.2) is 0 Å². The molecule has 1 aromatic carbocycles. The first-order chi connectivity index (χ1) is 9.74. The van der Waals surface area contributed by atoms with Gasteiger partial charge in [0.15, 0.2) is 0 Å². The Hall–Kier alpha value is -1.10. The summed E-state index contributed by atoms with van der Waals surface area (Å²) in [5, 5.41) is -0.0704. The molecule has 0 saturated carbocycles. The summed E-state index contributed by atoms with van der Waals surface area (Å²) in [6, 6.07) is 8.12. The molecule has 1 atom stereocenters. The molecule has 108 valence electrons. The highest BCUT2D eigenvalue weighted by Crippen LogP contribution is 2.28. The fraction of sp³-hybridized carbons (Fsp3) is 0.533. The molecule has 0 aliphatic carbocycles. The van der Waals surface area contributed by atoms with Gasteiger partial charge >= 0.3 is 0 Å². The highest BCUT2D eigenvalue weighted by molar-refractivity contribution is 6.24. The van der Waals surface area contributed by atoms with Crippen LogP contribution in [-0.2, 0) is 16.1 Å². The minimum Gasteiger partial charge on any atom is -0.379 e. The highest BCUT2D eigenvalue weighted by atomic mass is 35.5. The number of hydrogen-bond acceptors (Lipinski definition) is 3. The average Bonchev–Trinajstić information content (AvgIpc) is 2.79. The van der Waals surface area contributed by atoms with E-state index in [0.29, 0.717) is 13.0 Å². The van der Waals surface area contributed by atoms with Crippen molar-refractivity contribution in [3.05, 3.63) is 29.8 Å². The standard InChI is InChI=1S/C15H19ClN2O2/c16-13-9-15(19)18(11-13)14-4-2-1-3-12(14)10-17-5-7-20-8-6-17/h1-4,13H,5-11H2. The Morgan fingerprint density at radius 1 is 1.25 bits per heavy atom. The van der Waals surface area contributed by atoms with Crippen molar-refractivity contribution in [2.45, 2.75) is 18.3 Å². The van der Waals surface area contributed by atoms with Crippen molar-refractivity contribution in [2.75, 3.05) is 37.7 Å². The normalized spacial score (nSPS) is 24.4. The molecule has 0 spiro atoms. The quantitative estimate of drug-likeness (QED) is 0.798. The van der Waals surface area contributed by atoms with Crippen LogP contribution in [0.1, 0.15) is 12.0 Å². The number of amides is 1. The number of hydrogen-bond donors (Lipinski definition) is 0. The van der Waals surface area contributed by atoms with Crippen LogP contribution in [0.3, 0.4) is 0 Å². The van der Waals surface area contributed by atoms with Gasteiger partial charge in [-0.1, -0.05) is 18.2 Å². The Kier molecular flexibility index (Phi) is 4.24. The zero-order valence-electron chi connectivity index (χ0n) is 11.4. The van der Waals surface area contributed by atoms with Crippen LogP contribution in [0.25, 0.3) is 0 Å². The van der Waals surface area contributed by atoms with Crippen LogP contribution in [0, 0.1) is 0 Å². The third-order valence-electron chi connectivity index (χ3n) is 3.86. The van der Waals surface area contributed by atoms with E-state index in [1.54, 1.807) is 0 Å². The summed E-state index contributed by atoms with van der Waals surface area (Å²) < 4.78 is 5.37. The molecule has 4 nitrogen and oxygen atoms in total. The lowest BCUT2D eigenvalue weighted by molar-refractivity contribution is -0.117. The van der Waals surface area contributed by atoms with E-state index >= 15 is 0 Å². The average molecular weight is 295 g/mol. The second kappa shape index (κ2) is 6.12. The minimum absolute atomic E-state index is 0.0704. The first-order valence-electron chi connectivity index (χ1n) is 7.06. The van der Waals surface area contributed by atoms with Gasteiger partial charge in [0, 0.05) is 38.3 Å². The van der Waals surface area contributed by atoms with E-state index in [0.717, 1.165) is 38.5 Å². The van der Waals surface area contributed by atoms with Crippen molar-refractivity contribution in [3.63, 3.8) is 0 Å². The largest absolute Gasteiger partial charge is 0.379 e. The number of para-hydroxylation sites is 1. The van der Waals surface area contributed by atoms with Gasteiger partial charge in [0.1, 0.15) is 0 Å². The van der Waals surface area contributed by atoms with Gasteiger partial charge < -0.3 is 9.64 Å². The number of benzene rings is 1. The number of carbonyl (C=O) groups is 1. The molecule has 2 aliphatic heterocycles. The van der Waals surface area contributed by atoms with Gasteiger partial charge in [-0.2, -0.15) is 0 Å². The lowest BCUT2D eigenvalue weighted by Gasteiger charge is -2.28. The molecule has 1 unspecified atom stereocenters. The summed E-state index contributed by atoms with van der Waals surface area (Å²) in [6.45, 7) is 4.93. The van der Waals surface area contributed by atoms with Crippen LogP contribution in [-0.4, -0.2) is 49.0 Å². The van der Waals surface area contributed by atoms with E-state index in [1.807, 2.05) is 23.1 Å². The predicted octanol–water partition coefficient (Wildman–Crippen LogP) is 1.86. The van der Waals surface area contributed by atoms with Crippen molar-refractivity contribution in [3.8, 4) is 0 Å². The first kappa shape index (κ1) is 13.9.